The number of benzene rings is 10. The van der Waals surface area contributed by atoms with E-state index in [0.29, 0.717) is 17.7 Å². The van der Waals surface area contributed by atoms with Gasteiger partial charge in [0.05, 0.1) is 44.1 Å². The van der Waals surface area contributed by atoms with Crippen molar-refractivity contribution in [2.24, 2.45) is 0 Å². The largest absolute Gasteiger partial charge is 0.309 e. The Bertz CT molecular complexity index is 4330. The molecular weight excluding hydrogens is 855 g/mol. The molecule has 0 saturated heterocycles. The first-order valence-corrected chi connectivity index (χ1v) is 23.7. The molecule has 0 spiro atoms. The van der Waals surface area contributed by atoms with Gasteiger partial charge in [-0.2, -0.15) is 15.0 Å². The molecule has 0 bridgehead atoms. The van der Waals surface area contributed by atoms with E-state index in [0.717, 1.165) is 115 Å². The third-order valence-electron chi connectivity index (χ3n) is 14.2. The van der Waals surface area contributed by atoms with Gasteiger partial charge < -0.3 is 9.13 Å². The van der Waals surface area contributed by atoms with Crippen LogP contribution in [0.2, 0.25) is 0 Å². The summed E-state index contributed by atoms with van der Waals surface area (Å²) in [4.78, 5) is 16.9. The lowest BCUT2D eigenvalue weighted by Crippen LogP contribution is -2.10. The summed E-state index contributed by atoms with van der Waals surface area (Å²) in [6, 6.07) is 84.2. The molecular formula is C63H39N7. The molecule has 7 nitrogen and oxygen atoms in total. The fraction of sp³-hybridized carbons (Fsp3) is 0. The second-order valence-corrected chi connectivity index (χ2v) is 18.0. The number of rotatable bonds is 6. The molecule has 0 unspecified atom stereocenters. The minimum Gasteiger partial charge on any atom is -0.309 e. The van der Waals surface area contributed by atoms with Gasteiger partial charge in [0.2, 0.25) is 11.9 Å². The molecule has 326 valence electrons. The number of fused-ring (bicyclic) bond motifs is 14. The van der Waals surface area contributed by atoms with E-state index in [4.69, 9.17) is 15.0 Å². The summed E-state index contributed by atoms with van der Waals surface area (Å²) in [7, 11) is 0. The standard InChI is InChI=1S/C63H39N7/c1-4-19-40(20-5-1)41-21-18-22-42(39-41)61-64-62(69-51-31-14-10-27-45(51)47-35-37-55-57(59(47)69)49-29-12-16-33-53(49)67(55)43-23-6-2-7-24-43)66-63(65-61)70-52-32-15-11-28-46(52)48-36-38-56-58(60(48)70)50-30-13-17-34-54(50)68(56)44-25-8-3-9-26-44/h1-39H. The molecule has 0 radical (unpaired) electrons. The molecule has 7 heteroatoms. The zero-order valence-electron chi connectivity index (χ0n) is 37.6. The van der Waals surface area contributed by atoms with Gasteiger partial charge >= 0.3 is 0 Å². The average molecular weight is 894 g/mol. The Labute approximate surface area is 401 Å². The number of nitrogens with zero attached hydrogens (tertiary/aromatic N) is 7. The van der Waals surface area contributed by atoms with Crippen molar-refractivity contribution in [3.8, 4) is 45.8 Å². The van der Waals surface area contributed by atoms with Crippen molar-refractivity contribution in [3.05, 3.63) is 237 Å². The van der Waals surface area contributed by atoms with Gasteiger partial charge in [-0.1, -0.05) is 170 Å². The van der Waals surface area contributed by atoms with Crippen molar-refractivity contribution < 1.29 is 0 Å². The van der Waals surface area contributed by atoms with Gasteiger partial charge in [-0.3, -0.25) is 9.13 Å². The Balaban J connectivity index is 1.10. The van der Waals surface area contributed by atoms with Gasteiger partial charge in [-0.15, -0.1) is 0 Å². The molecule has 0 amide bonds. The molecule has 0 atom stereocenters. The summed E-state index contributed by atoms with van der Waals surface area (Å²) in [5.74, 6) is 1.64. The molecule has 0 saturated carbocycles. The van der Waals surface area contributed by atoms with Crippen LogP contribution in [0.3, 0.4) is 0 Å². The van der Waals surface area contributed by atoms with Crippen LogP contribution >= 0.6 is 0 Å². The van der Waals surface area contributed by atoms with E-state index >= 15 is 0 Å². The monoisotopic (exact) mass is 893 g/mol. The highest BCUT2D eigenvalue weighted by atomic mass is 15.3. The van der Waals surface area contributed by atoms with Crippen LogP contribution < -0.4 is 0 Å². The lowest BCUT2D eigenvalue weighted by molar-refractivity contribution is 0.894. The van der Waals surface area contributed by atoms with Gasteiger partial charge in [0.15, 0.2) is 5.82 Å². The zero-order chi connectivity index (χ0) is 45.9. The summed E-state index contributed by atoms with van der Waals surface area (Å²) in [5.41, 5.74) is 13.9. The highest BCUT2D eigenvalue weighted by Crippen LogP contribution is 2.44. The Morgan fingerprint density at radius 2 is 0.629 bits per heavy atom. The molecule has 15 aromatic rings. The Morgan fingerprint density at radius 3 is 1.11 bits per heavy atom. The van der Waals surface area contributed by atoms with E-state index in [1.54, 1.807) is 0 Å². The van der Waals surface area contributed by atoms with E-state index < -0.39 is 0 Å². The number of hydrogen-bond donors (Lipinski definition) is 0. The molecule has 0 fully saturated rings. The Kier molecular flexibility index (Phi) is 8.23. The van der Waals surface area contributed by atoms with Gasteiger partial charge in [-0.25, -0.2) is 0 Å². The fourth-order valence-electron chi connectivity index (χ4n) is 11.3. The SMILES string of the molecule is c1ccc(-c2cccc(-c3nc(-n4c5ccccc5c5ccc6c(c7ccccc7n6-c6ccccc6)c54)nc(-n4c5ccccc5c5ccc6c(c7ccccc7n6-c6ccccc6)c54)n3)c2)cc1. The van der Waals surface area contributed by atoms with Crippen LogP contribution in [0.25, 0.3) is 133 Å². The van der Waals surface area contributed by atoms with Crippen molar-refractivity contribution in [2.75, 3.05) is 0 Å². The Hall–Kier alpha value is -9.59. The van der Waals surface area contributed by atoms with Crippen LogP contribution in [-0.4, -0.2) is 33.2 Å². The van der Waals surface area contributed by atoms with Gasteiger partial charge in [-0.05, 0) is 77.9 Å². The molecule has 0 aliphatic carbocycles. The van der Waals surface area contributed by atoms with Crippen LogP contribution in [0.5, 0.6) is 0 Å². The van der Waals surface area contributed by atoms with E-state index in [9.17, 15) is 0 Å². The fourth-order valence-corrected chi connectivity index (χ4v) is 11.3. The third kappa shape index (κ3) is 5.54. The second kappa shape index (κ2) is 15.0. The first kappa shape index (κ1) is 38.5. The smallest absolute Gasteiger partial charge is 0.240 e. The predicted molar refractivity (Wildman–Crippen MR) is 288 cm³/mol. The second-order valence-electron chi connectivity index (χ2n) is 18.0. The maximum absolute atomic E-state index is 5.72. The molecule has 0 aliphatic rings. The average Bonchev–Trinajstić information content (AvgIpc) is 4.17. The maximum atomic E-state index is 5.72. The molecule has 70 heavy (non-hydrogen) atoms. The van der Waals surface area contributed by atoms with Crippen LogP contribution in [0, 0.1) is 0 Å². The summed E-state index contributed by atoms with van der Waals surface area (Å²) < 4.78 is 9.33. The lowest BCUT2D eigenvalue weighted by atomic mass is 10.0. The van der Waals surface area contributed by atoms with Crippen LogP contribution in [-0.2, 0) is 0 Å². The number of hydrogen-bond acceptors (Lipinski definition) is 3. The normalized spacial score (nSPS) is 12.0. The van der Waals surface area contributed by atoms with E-state index in [1.807, 2.05) is 0 Å². The molecule has 0 aliphatic heterocycles. The van der Waals surface area contributed by atoms with E-state index in [1.165, 1.54) is 0 Å². The molecule has 5 aromatic heterocycles. The van der Waals surface area contributed by atoms with Gasteiger partial charge in [0.1, 0.15) is 0 Å². The van der Waals surface area contributed by atoms with Gasteiger partial charge in [0, 0.05) is 60.0 Å². The first-order valence-electron chi connectivity index (χ1n) is 23.7. The maximum Gasteiger partial charge on any atom is 0.240 e. The van der Waals surface area contributed by atoms with Gasteiger partial charge in [0.25, 0.3) is 0 Å². The molecule has 10 aromatic carbocycles. The molecule has 0 N–H and O–H groups in total. The lowest BCUT2D eigenvalue weighted by Gasteiger charge is -2.14. The minimum absolute atomic E-state index is 0.533. The molecule has 15 rings (SSSR count). The van der Waals surface area contributed by atoms with Crippen LogP contribution in [0.4, 0.5) is 0 Å². The summed E-state index contributed by atoms with van der Waals surface area (Å²) in [5, 5.41) is 9.07. The minimum atomic E-state index is 0.533. The predicted octanol–water partition coefficient (Wildman–Crippen LogP) is 15.6. The van der Waals surface area contributed by atoms with Crippen molar-refractivity contribution in [2.45, 2.75) is 0 Å². The number of aromatic nitrogens is 7. The van der Waals surface area contributed by atoms with Crippen LogP contribution in [0.15, 0.2) is 237 Å². The summed E-state index contributed by atoms with van der Waals surface area (Å²) in [6.45, 7) is 0. The van der Waals surface area contributed by atoms with Crippen molar-refractivity contribution >= 4 is 87.2 Å². The van der Waals surface area contributed by atoms with Crippen LogP contribution in [0.1, 0.15) is 0 Å². The highest BCUT2D eigenvalue weighted by molar-refractivity contribution is 6.27. The summed E-state index contributed by atoms with van der Waals surface area (Å²) >= 11 is 0. The quantitative estimate of drug-likeness (QED) is 0.167. The Morgan fingerprint density at radius 1 is 0.243 bits per heavy atom. The molecule has 5 heterocycles. The van der Waals surface area contributed by atoms with E-state index in [2.05, 4.69) is 255 Å². The summed E-state index contributed by atoms with van der Waals surface area (Å²) in [6.07, 6.45) is 0. The van der Waals surface area contributed by atoms with E-state index in [-0.39, 0.29) is 0 Å². The zero-order valence-corrected chi connectivity index (χ0v) is 37.6. The van der Waals surface area contributed by atoms with Crippen molar-refractivity contribution in [1.29, 1.82) is 0 Å². The highest BCUT2D eigenvalue weighted by Gasteiger charge is 2.26. The first-order chi connectivity index (χ1) is 34.8. The topological polar surface area (TPSA) is 58.4 Å². The van der Waals surface area contributed by atoms with Crippen molar-refractivity contribution in [3.63, 3.8) is 0 Å². The van der Waals surface area contributed by atoms with Crippen molar-refractivity contribution in [1.82, 2.24) is 33.2 Å². The third-order valence-corrected chi connectivity index (χ3v) is 14.2. The number of para-hydroxylation sites is 6.